The Labute approximate surface area is 150 Å². The zero-order valence-corrected chi connectivity index (χ0v) is 15.0. The Morgan fingerprint density at radius 3 is 2.29 bits per heavy atom. The molecule has 2 aliphatic rings. The van der Waals surface area contributed by atoms with Gasteiger partial charge in [-0.05, 0) is 49.3 Å². The number of nitrogens with zero attached hydrogens (tertiary/aromatic N) is 2. The van der Waals surface area contributed by atoms with Gasteiger partial charge in [0.15, 0.2) is 0 Å². The molecule has 0 aromatic heterocycles. The van der Waals surface area contributed by atoms with Crippen LogP contribution in [0.25, 0.3) is 0 Å². The van der Waals surface area contributed by atoms with E-state index in [0.29, 0.717) is 11.8 Å². The lowest BCUT2D eigenvalue weighted by molar-refractivity contribution is -0.138. The van der Waals surface area contributed by atoms with E-state index in [1.165, 1.54) is 5.56 Å². The van der Waals surface area contributed by atoms with Crippen molar-refractivity contribution in [3.63, 3.8) is 0 Å². The van der Waals surface area contributed by atoms with Gasteiger partial charge in [-0.2, -0.15) is 0 Å². The van der Waals surface area contributed by atoms with Gasteiger partial charge in [-0.25, -0.2) is 0 Å². The Bertz CT molecular complexity index is 556. The lowest BCUT2D eigenvalue weighted by atomic mass is 9.78. The molecule has 3 rings (SSSR count). The summed E-state index contributed by atoms with van der Waals surface area (Å²) >= 11 is 5.97. The standard InChI is InChI=1S/C20H27ClN2O/c1-2-11-22-12-14-23(15-13-22)20(24)18-5-3-16(4-6-18)17-7-9-19(21)10-8-17/h2,7-10,16,18H,1,3-6,11-15H2. The molecule has 0 radical (unpaired) electrons. The van der Waals surface area contributed by atoms with E-state index < -0.39 is 0 Å². The van der Waals surface area contributed by atoms with Gasteiger partial charge in [0.2, 0.25) is 5.91 Å². The zero-order chi connectivity index (χ0) is 16.9. The summed E-state index contributed by atoms with van der Waals surface area (Å²) in [6, 6.07) is 8.20. The van der Waals surface area contributed by atoms with Crippen LogP contribution in [-0.2, 0) is 4.79 Å². The lowest BCUT2D eigenvalue weighted by Crippen LogP contribution is -2.50. The van der Waals surface area contributed by atoms with Gasteiger partial charge >= 0.3 is 0 Å². The molecule has 0 unspecified atom stereocenters. The van der Waals surface area contributed by atoms with Crippen molar-refractivity contribution in [2.45, 2.75) is 31.6 Å². The van der Waals surface area contributed by atoms with Crippen LogP contribution in [0.3, 0.4) is 0 Å². The Morgan fingerprint density at radius 2 is 1.71 bits per heavy atom. The molecule has 130 valence electrons. The lowest BCUT2D eigenvalue weighted by Gasteiger charge is -2.37. The maximum atomic E-state index is 12.8. The van der Waals surface area contributed by atoms with Gasteiger partial charge in [0.1, 0.15) is 0 Å². The Kier molecular flexibility index (Phi) is 5.96. The first-order valence-corrected chi connectivity index (χ1v) is 9.42. The molecule has 1 heterocycles. The first-order valence-electron chi connectivity index (χ1n) is 9.05. The number of piperazine rings is 1. The molecule has 1 aromatic rings. The predicted octanol–water partition coefficient (Wildman–Crippen LogP) is 3.94. The molecule has 1 aliphatic carbocycles. The molecule has 24 heavy (non-hydrogen) atoms. The van der Waals surface area contributed by atoms with E-state index in [-0.39, 0.29) is 5.92 Å². The van der Waals surface area contributed by atoms with Gasteiger partial charge < -0.3 is 4.90 Å². The average molecular weight is 347 g/mol. The number of carbonyl (C=O) groups is 1. The third-order valence-corrected chi connectivity index (χ3v) is 5.74. The number of amides is 1. The highest BCUT2D eigenvalue weighted by Gasteiger charge is 2.31. The van der Waals surface area contributed by atoms with Crippen molar-refractivity contribution in [1.29, 1.82) is 0 Å². The molecule has 0 atom stereocenters. The van der Waals surface area contributed by atoms with E-state index in [1.807, 2.05) is 18.2 Å². The molecule has 1 saturated carbocycles. The fourth-order valence-electron chi connectivity index (χ4n) is 4.00. The number of benzene rings is 1. The predicted molar refractivity (Wildman–Crippen MR) is 99.4 cm³/mol. The van der Waals surface area contributed by atoms with E-state index in [4.69, 9.17) is 11.6 Å². The second-order valence-corrected chi connectivity index (χ2v) is 7.45. The van der Waals surface area contributed by atoms with Gasteiger partial charge in [-0.3, -0.25) is 9.69 Å². The summed E-state index contributed by atoms with van der Waals surface area (Å²) in [5.74, 6) is 1.18. The summed E-state index contributed by atoms with van der Waals surface area (Å²) in [4.78, 5) is 17.2. The summed E-state index contributed by atoms with van der Waals surface area (Å²) in [7, 11) is 0. The van der Waals surface area contributed by atoms with E-state index in [2.05, 4.69) is 28.5 Å². The van der Waals surface area contributed by atoms with Crippen LogP contribution >= 0.6 is 11.6 Å². The smallest absolute Gasteiger partial charge is 0.225 e. The van der Waals surface area contributed by atoms with Crippen LogP contribution in [0.1, 0.15) is 37.2 Å². The minimum atomic E-state index is 0.222. The van der Waals surface area contributed by atoms with Crippen LogP contribution in [0.4, 0.5) is 0 Å². The summed E-state index contributed by atoms with van der Waals surface area (Å²) in [6.45, 7) is 8.38. The van der Waals surface area contributed by atoms with E-state index in [1.54, 1.807) is 0 Å². The van der Waals surface area contributed by atoms with Crippen molar-refractivity contribution >= 4 is 17.5 Å². The van der Waals surface area contributed by atoms with Crippen molar-refractivity contribution in [2.75, 3.05) is 32.7 Å². The fraction of sp³-hybridized carbons (Fsp3) is 0.550. The summed E-state index contributed by atoms with van der Waals surface area (Å²) < 4.78 is 0. The van der Waals surface area contributed by atoms with E-state index >= 15 is 0 Å². The Hall–Kier alpha value is -1.32. The SMILES string of the molecule is C=CCN1CCN(C(=O)C2CCC(c3ccc(Cl)cc3)CC2)CC1. The van der Waals surface area contributed by atoms with Crippen molar-refractivity contribution < 1.29 is 4.79 Å². The monoisotopic (exact) mass is 346 g/mol. The topological polar surface area (TPSA) is 23.6 Å². The van der Waals surface area contributed by atoms with Crippen molar-refractivity contribution in [3.8, 4) is 0 Å². The maximum Gasteiger partial charge on any atom is 0.225 e. The fourth-order valence-corrected chi connectivity index (χ4v) is 4.13. The maximum absolute atomic E-state index is 12.8. The number of halogens is 1. The second kappa shape index (κ2) is 8.17. The largest absolute Gasteiger partial charge is 0.340 e. The molecular formula is C20H27ClN2O. The van der Waals surface area contributed by atoms with E-state index in [9.17, 15) is 4.79 Å². The molecule has 0 bridgehead atoms. The van der Waals surface area contributed by atoms with Crippen LogP contribution in [0, 0.1) is 5.92 Å². The molecule has 1 saturated heterocycles. The molecule has 3 nitrogen and oxygen atoms in total. The van der Waals surface area contributed by atoms with E-state index in [0.717, 1.165) is 63.4 Å². The second-order valence-electron chi connectivity index (χ2n) is 7.01. The summed E-state index contributed by atoms with van der Waals surface area (Å²) in [5, 5.41) is 0.790. The molecule has 1 aromatic carbocycles. The number of carbonyl (C=O) groups excluding carboxylic acids is 1. The highest BCUT2D eigenvalue weighted by atomic mass is 35.5. The quantitative estimate of drug-likeness (QED) is 0.771. The van der Waals surface area contributed by atoms with Crippen LogP contribution in [0.2, 0.25) is 5.02 Å². The van der Waals surface area contributed by atoms with Gasteiger partial charge in [0.05, 0.1) is 0 Å². The highest BCUT2D eigenvalue weighted by molar-refractivity contribution is 6.30. The minimum absolute atomic E-state index is 0.222. The Morgan fingerprint density at radius 1 is 1.08 bits per heavy atom. The number of hydrogen-bond donors (Lipinski definition) is 0. The third kappa shape index (κ3) is 4.20. The van der Waals surface area contributed by atoms with Gasteiger partial charge in [0, 0.05) is 43.7 Å². The molecule has 0 spiro atoms. The molecule has 1 aliphatic heterocycles. The normalized spacial score (nSPS) is 25.5. The van der Waals surface area contributed by atoms with Crippen LogP contribution in [0.15, 0.2) is 36.9 Å². The summed E-state index contributed by atoms with van der Waals surface area (Å²) in [6.07, 6.45) is 6.18. The van der Waals surface area contributed by atoms with Gasteiger partial charge in [0.25, 0.3) is 0 Å². The Balaban J connectivity index is 1.48. The first kappa shape index (κ1) is 17.5. The highest BCUT2D eigenvalue weighted by Crippen LogP contribution is 2.36. The zero-order valence-electron chi connectivity index (χ0n) is 14.3. The van der Waals surface area contributed by atoms with Crippen LogP contribution in [-0.4, -0.2) is 48.4 Å². The number of hydrogen-bond acceptors (Lipinski definition) is 2. The van der Waals surface area contributed by atoms with Crippen molar-refractivity contribution in [2.24, 2.45) is 5.92 Å². The van der Waals surface area contributed by atoms with Crippen molar-refractivity contribution in [3.05, 3.63) is 47.5 Å². The minimum Gasteiger partial charge on any atom is -0.340 e. The molecular weight excluding hydrogens is 320 g/mol. The first-order chi connectivity index (χ1) is 11.7. The van der Waals surface area contributed by atoms with Crippen LogP contribution < -0.4 is 0 Å². The molecule has 2 fully saturated rings. The van der Waals surface area contributed by atoms with Gasteiger partial charge in [-0.15, -0.1) is 6.58 Å². The molecule has 1 amide bonds. The van der Waals surface area contributed by atoms with Crippen molar-refractivity contribution in [1.82, 2.24) is 9.80 Å². The summed E-state index contributed by atoms with van der Waals surface area (Å²) in [5.41, 5.74) is 1.36. The molecule has 0 N–H and O–H groups in total. The number of rotatable bonds is 4. The van der Waals surface area contributed by atoms with Gasteiger partial charge in [-0.1, -0.05) is 29.8 Å². The average Bonchev–Trinajstić information content (AvgIpc) is 2.63. The molecule has 4 heteroatoms. The van der Waals surface area contributed by atoms with Crippen LogP contribution in [0.5, 0.6) is 0 Å². The third-order valence-electron chi connectivity index (χ3n) is 5.49.